The first-order valence-corrected chi connectivity index (χ1v) is 12.1. The first-order valence-electron chi connectivity index (χ1n) is 10.7. The minimum Gasteiger partial charge on any atom is -0.486 e. The van der Waals surface area contributed by atoms with Crippen LogP contribution in [0, 0.1) is 6.92 Å². The van der Waals surface area contributed by atoms with Crippen LogP contribution in [0.1, 0.15) is 53.7 Å². The molecule has 166 valence electrons. The molecule has 0 bridgehead atoms. The van der Waals surface area contributed by atoms with Gasteiger partial charge in [0.1, 0.15) is 13.2 Å². The Morgan fingerprint density at radius 3 is 2.45 bits per heavy atom. The Kier molecular flexibility index (Phi) is 6.20. The smallest absolute Gasteiger partial charge is 0.251 e. The zero-order valence-electron chi connectivity index (χ0n) is 17.9. The van der Waals surface area contributed by atoms with Gasteiger partial charge in [0.15, 0.2) is 11.5 Å². The monoisotopic (exact) mass is 444 g/mol. The van der Waals surface area contributed by atoms with Crippen LogP contribution in [0.5, 0.6) is 11.5 Å². The van der Waals surface area contributed by atoms with Gasteiger partial charge >= 0.3 is 0 Å². The van der Waals surface area contributed by atoms with E-state index in [0.717, 1.165) is 24.8 Å². The molecule has 0 aliphatic carbocycles. The summed E-state index contributed by atoms with van der Waals surface area (Å²) in [7, 11) is -3.62. The van der Waals surface area contributed by atoms with Gasteiger partial charge in [0.25, 0.3) is 5.91 Å². The van der Waals surface area contributed by atoms with Crippen molar-refractivity contribution < 1.29 is 22.7 Å². The van der Waals surface area contributed by atoms with Crippen molar-refractivity contribution in [3.8, 4) is 11.5 Å². The van der Waals surface area contributed by atoms with Crippen LogP contribution in [0.4, 0.5) is 0 Å². The van der Waals surface area contributed by atoms with Gasteiger partial charge in [0, 0.05) is 18.7 Å². The van der Waals surface area contributed by atoms with Crippen molar-refractivity contribution in [2.75, 3.05) is 26.3 Å². The molecule has 1 N–H and O–H groups in total. The second kappa shape index (κ2) is 8.88. The van der Waals surface area contributed by atoms with Crippen molar-refractivity contribution in [2.45, 2.75) is 44.0 Å². The third-order valence-corrected chi connectivity index (χ3v) is 7.84. The minimum absolute atomic E-state index is 0.203. The zero-order valence-corrected chi connectivity index (χ0v) is 18.7. The number of hydrogen-bond donors (Lipinski definition) is 1. The van der Waals surface area contributed by atoms with Crippen molar-refractivity contribution in [3.63, 3.8) is 0 Å². The van der Waals surface area contributed by atoms with Crippen molar-refractivity contribution in [1.29, 1.82) is 0 Å². The lowest BCUT2D eigenvalue weighted by Gasteiger charge is -2.26. The summed E-state index contributed by atoms with van der Waals surface area (Å²) in [4.78, 5) is 13.1. The van der Waals surface area contributed by atoms with Gasteiger partial charge in [0.2, 0.25) is 10.0 Å². The molecule has 0 aromatic heterocycles. The summed E-state index contributed by atoms with van der Waals surface area (Å²) in [6, 6.07) is 10.1. The Labute approximate surface area is 183 Å². The highest BCUT2D eigenvalue weighted by Crippen LogP contribution is 2.32. The Bertz CT molecular complexity index is 1080. The van der Waals surface area contributed by atoms with Crippen LogP contribution in [0.2, 0.25) is 0 Å². The molecule has 1 fully saturated rings. The van der Waals surface area contributed by atoms with Crippen molar-refractivity contribution in [2.24, 2.45) is 0 Å². The van der Waals surface area contributed by atoms with Gasteiger partial charge in [-0.1, -0.05) is 18.6 Å². The number of amides is 1. The summed E-state index contributed by atoms with van der Waals surface area (Å²) in [5.41, 5.74) is 1.85. The molecule has 4 rings (SSSR count). The summed E-state index contributed by atoms with van der Waals surface area (Å²) in [5.74, 6) is 1.03. The van der Waals surface area contributed by atoms with E-state index in [2.05, 4.69) is 5.32 Å². The van der Waals surface area contributed by atoms with Crippen LogP contribution in [0.15, 0.2) is 41.3 Å². The molecule has 31 heavy (non-hydrogen) atoms. The first-order chi connectivity index (χ1) is 14.9. The molecule has 0 spiro atoms. The highest BCUT2D eigenvalue weighted by molar-refractivity contribution is 7.89. The number of aryl methyl sites for hydroxylation is 1. The standard InChI is InChI=1S/C23H28N2O5S/c1-16-6-7-19(15-22(16)31(27,28)25-10-4-3-5-11-25)23(26)24-17(2)18-8-9-20-21(14-18)30-13-12-29-20/h6-9,14-15,17H,3-5,10-13H2,1-2H3,(H,24,26). The number of piperidine rings is 1. The van der Waals surface area contributed by atoms with E-state index >= 15 is 0 Å². The van der Waals surface area contributed by atoms with Crippen LogP contribution in [-0.2, 0) is 10.0 Å². The number of sulfonamides is 1. The van der Waals surface area contributed by atoms with Gasteiger partial charge in [-0.15, -0.1) is 0 Å². The second-order valence-electron chi connectivity index (χ2n) is 8.04. The average Bonchev–Trinajstić information content (AvgIpc) is 2.79. The summed E-state index contributed by atoms with van der Waals surface area (Å²) in [6.45, 7) is 5.71. The Morgan fingerprint density at radius 1 is 1.00 bits per heavy atom. The maximum absolute atomic E-state index is 13.1. The van der Waals surface area contributed by atoms with E-state index < -0.39 is 10.0 Å². The Balaban J connectivity index is 1.53. The normalized spacial score (nSPS) is 17.7. The fraction of sp³-hybridized carbons (Fsp3) is 0.435. The van der Waals surface area contributed by atoms with Crippen molar-refractivity contribution in [3.05, 3.63) is 53.1 Å². The van der Waals surface area contributed by atoms with Gasteiger partial charge in [-0.2, -0.15) is 4.31 Å². The largest absolute Gasteiger partial charge is 0.486 e. The third-order valence-electron chi connectivity index (χ3n) is 5.80. The molecule has 0 radical (unpaired) electrons. The number of benzene rings is 2. The molecule has 8 heteroatoms. The van der Waals surface area contributed by atoms with Gasteiger partial charge in [0.05, 0.1) is 10.9 Å². The predicted octanol–water partition coefficient (Wildman–Crippen LogP) is 3.43. The number of ether oxygens (including phenoxy) is 2. The zero-order chi connectivity index (χ0) is 22.0. The predicted molar refractivity (Wildman–Crippen MR) is 117 cm³/mol. The van der Waals surface area contributed by atoms with Crippen molar-refractivity contribution >= 4 is 15.9 Å². The minimum atomic E-state index is -3.62. The molecule has 2 heterocycles. The SMILES string of the molecule is Cc1ccc(C(=O)NC(C)c2ccc3c(c2)OCCO3)cc1S(=O)(=O)N1CCCCC1. The molecule has 2 aromatic rings. The molecule has 1 amide bonds. The van der Waals surface area contributed by atoms with E-state index in [0.29, 0.717) is 48.9 Å². The third kappa shape index (κ3) is 4.55. The van der Waals surface area contributed by atoms with Gasteiger partial charge in [-0.25, -0.2) is 8.42 Å². The molecule has 1 unspecified atom stereocenters. The van der Waals surface area contributed by atoms with Gasteiger partial charge in [-0.05, 0) is 62.1 Å². The van der Waals surface area contributed by atoms with E-state index in [1.807, 2.05) is 25.1 Å². The molecule has 2 aliphatic heterocycles. The summed E-state index contributed by atoms with van der Waals surface area (Å²) >= 11 is 0. The van der Waals surface area contributed by atoms with Crippen molar-refractivity contribution in [1.82, 2.24) is 9.62 Å². The van der Waals surface area contributed by atoms with E-state index in [4.69, 9.17) is 9.47 Å². The maximum Gasteiger partial charge on any atom is 0.251 e. The highest BCUT2D eigenvalue weighted by atomic mass is 32.2. The molecular weight excluding hydrogens is 416 g/mol. The second-order valence-corrected chi connectivity index (χ2v) is 9.95. The lowest BCUT2D eigenvalue weighted by Crippen LogP contribution is -2.36. The average molecular weight is 445 g/mol. The summed E-state index contributed by atoms with van der Waals surface area (Å²) in [5, 5.41) is 2.95. The van der Waals surface area contributed by atoms with E-state index in [1.165, 1.54) is 10.4 Å². The lowest BCUT2D eigenvalue weighted by atomic mass is 10.1. The molecule has 2 aromatic carbocycles. The quantitative estimate of drug-likeness (QED) is 0.764. The van der Waals surface area contributed by atoms with Crippen LogP contribution in [0.3, 0.4) is 0 Å². The molecule has 1 atom stereocenters. The lowest BCUT2D eigenvalue weighted by molar-refractivity contribution is 0.0939. The van der Waals surface area contributed by atoms with Crippen LogP contribution in [0.25, 0.3) is 0 Å². The molecule has 1 saturated heterocycles. The number of nitrogens with one attached hydrogen (secondary N) is 1. The maximum atomic E-state index is 13.1. The van der Waals surface area contributed by atoms with Crippen LogP contribution < -0.4 is 14.8 Å². The molecule has 2 aliphatic rings. The topological polar surface area (TPSA) is 84.9 Å². The molecule has 0 saturated carbocycles. The van der Waals surface area contributed by atoms with Gasteiger partial charge in [-0.3, -0.25) is 4.79 Å². The Morgan fingerprint density at radius 2 is 1.71 bits per heavy atom. The highest BCUT2D eigenvalue weighted by Gasteiger charge is 2.28. The number of hydrogen-bond acceptors (Lipinski definition) is 5. The fourth-order valence-corrected chi connectivity index (χ4v) is 5.72. The number of nitrogens with zero attached hydrogens (tertiary/aromatic N) is 1. The van der Waals surface area contributed by atoms with Crippen LogP contribution in [-0.4, -0.2) is 44.9 Å². The Hall–Kier alpha value is -2.58. The molecular formula is C23H28N2O5S. The molecule has 7 nitrogen and oxygen atoms in total. The summed E-state index contributed by atoms with van der Waals surface area (Å²) < 4.78 is 38.9. The van der Waals surface area contributed by atoms with Crippen LogP contribution >= 0.6 is 0 Å². The van der Waals surface area contributed by atoms with E-state index in [1.54, 1.807) is 19.1 Å². The van der Waals surface area contributed by atoms with E-state index in [9.17, 15) is 13.2 Å². The van der Waals surface area contributed by atoms with E-state index in [-0.39, 0.29) is 16.8 Å². The number of carbonyl (C=O) groups is 1. The first kappa shape index (κ1) is 21.6. The van der Waals surface area contributed by atoms with Gasteiger partial charge < -0.3 is 14.8 Å². The number of fused-ring (bicyclic) bond motifs is 1. The number of rotatable bonds is 5. The fourth-order valence-electron chi connectivity index (χ4n) is 3.96. The summed E-state index contributed by atoms with van der Waals surface area (Å²) in [6.07, 6.45) is 2.78. The number of carbonyl (C=O) groups excluding carboxylic acids is 1.